The Morgan fingerprint density at radius 3 is 2.50 bits per heavy atom. The molecule has 4 nitrogen and oxygen atoms in total. The lowest BCUT2D eigenvalue weighted by molar-refractivity contribution is 0.0586. The first-order valence-electron chi connectivity index (χ1n) is 4.11. The minimum absolute atomic E-state index is 0.417. The second-order valence-corrected chi connectivity index (χ2v) is 2.70. The molecule has 0 atom stereocenters. The largest absolute Gasteiger partial charge is 0.495 e. The number of ether oxygens (including phenoxy) is 2. The zero-order valence-electron chi connectivity index (χ0n) is 8.46. The summed E-state index contributed by atoms with van der Waals surface area (Å²) < 4.78 is 47.3. The van der Waals surface area contributed by atoms with E-state index in [1.807, 2.05) is 0 Å². The maximum absolute atomic E-state index is 13.5. The van der Waals surface area contributed by atoms with Gasteiger partial charge < -0.3 is 9.47 Å². The fraction of sp³-hybridized carbons (Fsp3) is 0.333. The number of hydrogen-bond donors (Lipinski definition) is 0. The number of rotatable bonds is 3. The highest BCUT2D eigenvalue weighted by atomic mass is 19.3. The number of hydrogen-bond acceptors (Lipinski definition) is 4. The van der Waals surface area contributed by atoms with Crippen molar-refractivity contribution in [1.29, 1.82) is 0 Å². The third kappa shape index (κ3) is 2.07. The molecule has 0 aliphatic rings. The summed E-state index contributed by atoms with van der Waals surface area (Å²) in [6.45, 7) is 0. The summed E-state index contributed by atoms with van der Waals surface area (Å²) in [6.07, 6.45) is -2.27. The second kappa shape index (κ2) is 4.82. The minimum Gasteiger partial charge on any atom is -0.495 e. The predicted molar refractivity (Wildman–Crippen MR) is 47.0 cm³/mol. The molecule has 0 unspecified atom stereocenters. The second-order valence-electron chi connectivity index (χ2n) is 2.70. The molecule has 1 rings (SSSR count). The van der Waals surface area contributed by atoms with Gasteiger partial charge in [0.15, 0.2) is 11.5 Å². The third-order valence-corrected chi connectivity index (χ3v) is 1.84. The summed E-state index contributed by atoms with van der Waals surface area (Å²) in [5, 5.41) is 0. The van der Waals surface area contributed by atoms with Gasteiger partial charge in [0.2, 0.25) is 0 Å². The molecule has 0 amide bonds. The quantitative estimate of drug-likeness (QED) is 0.751. The Balaban J connectivity index is 3.37. The van der Waals surface area contributed by atoms with E-state index in [2.05, 4.69) is 14.5 Å². The highest BCUT2D eigenvalue weighted by Gasteiger charge is 2.26. The third-order valence-electron chi connectivity index (χ3n) is 1.84. The predicted octanol–water partition coefficient (Wildman–Crippen LogP) is 1.95. The number of pyridine rings is 1. The number of esters is 1. The van der Waals surface area contributed by atoms with Gasteiger partial charge in [-0.05, 0) is 0 Å². The van der Waals surface area contributed by atoms with Crippen molar-refractivity contribution in [2.45, 2.75) is 6.43 Å². The van der Waals surface area contributed by atoms with Crippen LogP contribution in [0.1, 0.15) is 22.5 Å². The van der Waals surface area contributed by atoms with Crippen molar-refractivity contribution in [2.75, 3.05) is 14.2 Å². The number of methoxy groups -OCH3 is 2. The van der Waals surface area contributed by atoms with Crippen LogP contribution in [0.3, 0.4) is 0 Å². The van der Waals surface area contributed by atoms with Crippen molar-refractivity contribution in [3.63, 3.8) is 0 Å². The lowest BCUT2D eigenvalue weighted by Crippen LogP contribution is -2.11. The summed E-state index contributed by atoms with van der Waals surface area (Å²) in [5.41, 5.74) is -1.79. The molecular weight excluding hydrogens is 227 g/mol. The summed E-state index contributed by atoms with van der Waals surface area (Å²) >= 11 is 0. The molecule has 0 spiro atoms. The Bertz CT molecular complexity index is 409. The van der Waals surface area contributed by atoms with E-state index < -0.39 is 35.2 Å². The van der Waals surface area contributed by atoms with Crippen LogP contribution in [0.4, 0.5) is 13.2 Å². The Labute approximate surface area is 89.0 Å². The first-order valence-corrected chi connectivity index (χ1v) is 4.11. The van der Waals surface area contributed by atoms with Crippen LogP contribution in [0, 0.1) is 5.82 Å². The van der Waals surface area contributed by atoms with Crippen molar-refractivity contribution >= 4 is 5.97 Å². The smallest absolute Gasteiger partial charge is 0.359 e. The zero-order valence-corrected chi connectivity index (χ0v) is 8.46. The van der Waals surface area contributed by atoms with Gasteiger partial charge in [0.25, 0.3) is 6.43 Å². The normalized spacial score (nSPS) is 10.4. The SMILES string of the molecule is COC(=O)c1ncc(OC)c(C(F)F)c1F. The highest BCUT2D eigenvalue weighted by Crippen LogP contribution is 2.31. The molecule has 88 valence electrons. The van der Waals surface area contributed by atoms with Crippen LogP contribution < -0.4 is 4.74 Å². The van der Waals surface area contributed by atoms with Crippen molar-refractivity contribution in [3.05, 3.63) is 23.3 Å². The van der Waals surface area contributed by atoms with Crippen LogP contribution in [-0.2, 0) is 4.74 Å². The van der Waals surface area contributed by atoms with Crippen molar-refractivity contribution in [3.8, 4) is 5.75 Å². The molecule has 0 bridgehead atoms. The maximum Gasteiger partial charge on any atom is 0.359 e. The average molecular weight is 235 g/mol. The first kappa shape index (κ1) is 12.3. The number of aromatic nitrogens is 1. The van der Waals surface area contributed by atoms with E-state index in [1.165, 1.54) is 0 Å². The number of halogens is 3. The van der Waals surface area contributed by atoms with Gasteiger partial charge in [0.05, 0.1) is 26.0 Å². The van der Waals surface area contributed by atoms with Crippen LogP contribution in [0.25, 0.3) is 0 Å². The highest BCUT2D eigenvalue weighted by molar-refractivity contribution is 5.87. The summed E-state index contributed by atoms with van der Waals surface area (Å²) in [7, 11) is 2.09. The molecule has 0 saturated carbocycles. The van der Waals surface area contributed by atoms with E-state index in [-0.39, 0.29) is 0 Å². The van der Waals surface area contributed by atoms with Gasteiger partial charge in [-0.2, -0.15) is 0 Å². The topological polar surface area (TPSA) is 48.4 Å². The first-order chi connectivity index (χ1) is 7.52. The minimum atomic E-state index is -3.11. The van der Waals surface area contributed by atoms with Crippen molar-refractivity contribution in [1.82, 2.24) is 4.98 Å². The molecule has 0 radical (unpaired) electrons. The Morgan fingerprint density at radius 1 is 1.44 bits per heavy atom. The number of carbonyl (C=O) groups excluding carboxylic acids is 1. The van der Waals surface area contributed by atoms with E-state index >= 15 is 0 Å². The van der Waals surface area contributed by atoms with Crippen molar-refractivity contribution < 1.29 is 27.4 Å². The van der Waals surface area contributed by atoms with E-state index in [0.29, 0.717) is 0 Å². The average Bonchev–Trinajstić information content (AvgIpc) is 2.26. The molecule has 0 N–H and O–H groups in total. The molecule has 0 saturated heterocycles. The van der Waals surface area contributed by atoms with E-state index in [4.69, 9.17) is 0 Å². The fourth-order valence-electron chi connectivity index (χ4n) is 1.09. The van der Waals surface area contributed by atoms with Crippen LogP contribution in [0.15, 0.2) is 6.20 Å². The zero-order chi connectivity index (χ0) is 12.3. The lowest BCUT2D eigenvalue weighted by Gasteiger charge is -2.10. The molecular formula is C9H8F3NO3. The van der Waals surface area contributed by atoms with Gasteiger partial charge in [-0.25, -0.2) is 22.9 Å². The molecule has 7 heteroatoms. The molecule has 0 aromatic carbocycles. The Hall–Kier alpha value is -1.79. The lowest BCUT2D eigenvalue weighted by atomic mass is 10.2. The maximum atomic E-state index is 13.5. The van der Waals surface area contributed by atoms with Crippen LogP contribution >= 0.6 is 0 Å². The van der Waals surface area contributed by atoms with E-state index in [1.54, 1.807) is 0 Å². The van der Waals surface area contributed by atoms with Gasteiger partial charge in [0, 0.05) is 0 Å². The van der Waals surface area contributed by atoms with Crippen LogP contribution in [-0.4, -0.2) is 25.2 Å². The molecule has 0 aliphatic carbocycles. The molecule has 0 fully saturated rings. The van der Waals surface area contributed by atoms with Gasteiger partial charge in [-0.3, -0.25) is 0 Å². The Morgan fingerprint density at radius 2 is 2.06 bits per heavy atom. The monoisotopic (exact) mass is 235 g/mol. The summed E-state index contributed by atoms with van der Waals surface area (Å²) in [5.74, 6) is -2.97. The molecule has 1 aromatic rings. The van der Waals surface area contributed by atoms with Crippen LogP contribution in [0.5, 0.6) is 5.75 Å². The standard InChI is InChI=1S/C9H8F3NO3/c1-15-4-3-13-7(9(14)16-2)6(10)5(4)8(11)12/h3,8H,1-2H3. The van der Waals surface area contributed by atoms with Gasteiger partial charge in [-0.1, -0.05) is 0 Å². The fourth-order valence-corrected chi connectivity index (χ4v) is 1.09. The number of alkyl halides is 2. The molecule has 1 aromatic heterocycles. The molecule has 0 aliphatic heterocycles. The number of nitrogens with zero attached hydrogens (tertiary/aromatic N) is 1. The molecule has 1 heterocycles. The van der Waals surface area contributed by atoms with Crippen molar-refractivity contribution in [2.24, 2.45) is 0 Å². The Kier molecular flexibility index (Phi) is 3.70. The van der Waals surface area contributed by atoms with Gasteiger partial charge in [-0.15, -0.1) is 0 Å². The summed E-state index contributed by atoms with van der Waals surface area (Å²) in [4.78, 5) is 14.4. The number of carbonyl (C=O) groups is 1. The van der Waals surface area contributed by atoms with Gasteiger partial charge in [0.1, 0.15) is 5.75 Å². The van der Waals surface area contributed by atoms with Gasteiger partial charge >= 0.3 is 5.97 Å². The van der Waals surface area contributed by atoms with E-state index in [0.717, 1.165) is 20.4 Å². The van der Waals surface area contributed by atoms with Crippen LogP contribution in [0.2, 0.25) is 0 Å². The van der Waals surface area contributed by atoms with E-state index in [9.17, 15) is 18.0 Å². The summed E-state index contributed by atoms with van der Waals surface area (Å²) in [6, 6.07) is 0. The molecule has 16 heavy (non-hydrogen) atoms.